The van der Waals surface area contributed by atoms with Gasteiger partial charge in [0, 0.05) is 6.04 Å². The highest BCUT2D eigenvalue weighted by atomic mass is 28.5. The molecule has 0 aromatic rings. The maximum Gasteiger partial charge on any atom is 0.321 e. The molecule has 7 unspecified atom stereocenters. The Morgan fingerprint density at radius 2 is 1.80 bits per heavy atom. The van der Waals surface area contributed by atoms with Gasteiger partial charge in [0.25, 0.3) is 0 Å². The van der Waals surface area contributed by atoms with Crippen molar-refractivity contribution in [1.82, 2.24) is 0 Å². The molecule has 0 aliphatic carbocycles. The molecule has 0 saturated carbocycles. The second kappa shape index (κ2) is 11.9. The lowest BCUT2D eigenvalue weighted by atomic mass is 10.2. The summed E-state index contributed by atoms with van der Waals surface area (Å²) in [4.78, 5) is 11.0. The fourth-order valence-electron chi connectivity index (χ4n) is 5.04. The minimum absolute atomic E-state index is 0.393. The van der Waals surface area contributed by atoms with Gasteiger partial charge >= 0.3 is 8.56 Å². The molecule has 0 amide bonds. The van der Waals surface area contributed by atoms with Crippen LogP contribution < -0.4 is 0 Å². The van der Waals surface area contributed by atoms with E-state index < -0.39 is 35.0 Å². The molecule has 0 spiro atoms. The summed E-state index contributed by atoms with van der Waals surface area (Å²) in [7, 11) is -7.66. The van der Waals surface area contributed by atoms with Crippen molar-refractivity contribution in [3.63, 3.8) is 0 Å². The summed E-state index contributed by atoms with van der Waals surface area (Å²) < 4.78 is 14.5. The van der Waals surface area contributed by atoms with Gasteiger partial charge in [-0.05, 0) is 59.7 Å². The van der Waals surface area contributed by atoms with Gasteiger partial charge in [-0.25, -0.2) is 0 Å². The molecule has 1 N–H and O–H groups in total. The van der Waals surface area contributed by atoms with Crippen molar-refractivity contribution in [3.05, 3.63) is 24.8 Å². The topological polar surface area (TPSA) is 38.7 Å². The van der Waals surface area contributed by atoms with E-state index in [9.17, 15) is 4.80 Å². The van der Waals surface area contributed by atoms with E-state index in [-0.39, 0.29) is 0 Å². The van der Waals surface area contributed by atoms with Gasteiger partial charge in [0.15, 0.2) is 26.4 Å². The van der Waals surface area contributed by atoms with Crippen molar-refractivity contribution in [2.75, 3.05) is 0 Å². The minimum Gasteiger partial charge on any atom is -0.438 e. The van der Waals surface area contributed by atoms with Crippen LogP contribution in [0, 0.1) is 0 Å². The van der Waals surface area contributed by atoms with Gasteiger partial charge in [0.05, 0.1) is 0 Å². The van der Waals surface area contributed by atoms with Crippen LogP contribution in [0.15, 0.2) is 24.8 Å². The molecule has 30 heavy (non-hydrogen) atoms. The minimum atomic E-state index is -2.35. The third-order valence-electron chi connectivity index (χ3n) is 7.66. The first-order valence-electron chi connectivity index (χ1n) is 12.1. The molecule has 0 aromatic heterocycles. The van der Waals surface area contributed by atoms with Crippen LogP contribution in [0.2, 0.25) is 46.0 Å². The summed E-state index contributed by atoms with van der Waals surface area (Å²) in [6, 6.07) is 2.00. The smallest absolute Gasteiger partial charge is 0.321 e. The van der Waals surface area contributed by atoms with Crippen LogP contribution in [0.4, 0.5) is 0 Å². The molecule has 0 bridgehead atoms. The second-order valence-electron chi connectivity index (χ2n) is 10.8. The van der Waals surface area contributed by atoms with Crippen LogP contribution >= 0.6 is 0 Å². The maximum atomic E-state index is 11.0. The van der Waals surface area contributed by atoms with E-state index in [1.165, 1.54) is 5.57 Å². The number of hydrogen-bond donors (Lipinski definition) is 1. The van der Waals surface area contributed by atoms with E-state index >= 15 is 0 Å². The quantitative estimate of drug-likeness (QED) is 0.184. The Morgan fingerprint density at radius 3 is 2.27 bits per heavy atom. The number of rotatable bonds is 12. The zero-order valence-corrected chi connectivity index (χ0v) is 25.6. The van der Waals surface area contributed by atoms with E-state index in [0.717, 1.165) is 31.4 Å². The summed E-state index contributed by atoms with van der Waals surface area (Å²) in [6.45, 7) is 28.9. The lowest BCUT2D eigenvalue weighted by Crippen LogP contribution is -2.66. The fraction of sp³-hybridized carbons (Fsp3) is 0.826. The van der Waals surface area contributed by atoms with Crippen molar-refractivity contribution in [2.24, 2.45) is 0 Å². The van der Waals surface area contributed by atoms with Gasteiger partial charge in [-0.3, -0.25) is 0 Å². The molecule has 0 radical (unpaired) electrons. The van der Waals surface area contributed by atoms with E-state index in [0.29, 0.717) is 27.3 Å². The van der Waals surface area contributed by atoms with Gasteiger partial charge in [0.2, 0.25) is 0 Å². The number of unbranched alkanes of at least 4 members (excludes halogenated alkanes) is 2. The van der Waals surface area contributed by atoms with Gasteiger partial charge < -0.3 is 13.0 Å². The summed E-state index contributed by atoms with van der Waals surface area (Å²) in [5.74, 6) is 0. The van der Waals surface area contributed by atoms with E-state index in [1.807, 2.05) is 6.08 Å². The van der Waals surface area contributed by atoms with E-state index in [4.69, 9.17) is 8.23 Å². The van der Waals surface area contributed by atoms with Crippen molar-refractivity contribution in [1.29, 1.82) is 0 Å². The molecule has 1 aliphatic heterocycles. The first kappa shape index (κ1) is 28.3. The Kier molecular flexibility index (Phi) is 11.2. The van der Waals surface area contributed by atoms with E-state index in [1.54, 1.807) is 0 Å². The van der Waals surface area contributed by atoms with Gasteiger partial charge in [-0.1, -0.05) is 66.5 Å². The zero-order valence-electron chi connectivity index (χ0n) is 21.3. The Morgan fingerprint density at radius 1 is 1.20 bits per heavy atom. The molecule has 1 aliphatic rings. The monoisotopic (exact) mass is 486 g/mol. The highest BCUT2D eigenvalue weighted by Crippen LogP contribution is 2.50. The first-order chi connectivity index (χ1) is 13.8. The van der Waals surface area contributed by atoms with Crippen molar-refractivity contribution >= 4 is 35.0 Å². The molecule has 1 heterocycles. The Balaban J connectivity index is 3.31. The molecule has 1 saturated heterocycles. The molecule has 0 aromatic carbocycles. The van der Waals surface area contributed by atoms with Crippen molar-refractivity contribution in [3.8, 4) is 0 Å². The maximum absolute atomic E-state index is 11.0. The molecule has 3 nitrogen and oxygen atoms in total. The number of hydrogen-bond acceptors (Lipinski definition) is 3. The van der Waals surface area contributed by atoms with Crippen LogP contribution in [0.25, 0.3) is 0 Å². The SMILES string of the molecule is C=CCCCC[Si]1(CC(=C)C)O[SiH](C(C)C(C)[SiH](O)C(C)C)C(C)[Si](C)(C(C)C)O1. The number of allylic oxidation sites excluding steroid dienone is 2. The largest absolute Gasteiger partial charge is 0.438 e. The third kappa shape index (κ3) is 6.86. The standard InChI is InChI=1S/C23H50O3Si4/c1-12-13-14-15-16-30(17-18(2)3)25-28(22(9)21(8)27(24)19(4)5)23(10)29(11,26-30)20(6)7/h12,19-24,27-28H,1-2,13-17H2,3-11H3. The van der Waals surface area contributed by atoms with Gasteiger partial charge in [-0.2, -0.15) is 0 Å². The molecule has 176 valence electrons. The highest BCUT2D eigenvalue weighted by molar-refractivity contribution is 6.98. The molecule has 7 atom stereocenters. The Hall–Kier alpha value is 0.228. The van der Waals surface area contributed by atoms with Crippen molar-refractivity contribution in [2.45, 2.75) is 121 Å². The summed E-state index contributed by atoms with van der Waals surface area (Å²) in [6.07, 6.45) is 5.39. The Labute approximate surface area is 193 Å². The summed E-state index contributed by atoms with van der Waals surface area (Å²) in [5, 5.41) is 0.558. The lowest BCUT2D eigenvalue weighted by molar-refractivity contribution is 0.332. The Bertz CT molecular complexity index is 571. The second-order valence-corrected chi connectivity index (χ2v) is 26.7. The average molecular weight is 487 g/mol. The average Bonchev–Trinajstić information content (AvgIpc) is 2.65. The van der Waals surface area contributed by atoms with Gasteiger partial charge in [-0.15, -0.1) is 13.2 Å². The third-order valence-corrected chi connectivity index (χ3v) is 29.2. The molecular formula is C23H50O3Si4. The van der Waals surface area contributed by atoms with Crippen LogP contribution in [0.3, 0.4) is 0 Å². The lowest BCUT2D eigenvalue weighted by Gasteiger charge is -2.55. The fourth-order valence-corrected chi connectivity index (χ4v) is 29.2. The summed E-state index contributed by atoms with van der Waals surface area (Å²) in [5.41, 5.74) is 3.07. The predicted molar refractivity (Wildman–Crippen MR) is 143 cm³/mol. The molecule has 1 fully saturated rings. The van der Waals surface area contributed by atoms with E-state index in [2.05, 4.69) is 75.1 Å². The highest BCUT2D eigenvalue weighted by Gasteiger charge is 2.58. The van der Waals surface area contributed by atoms with Crippen LogP contribution in [0.5, 0.6) is 0 Å². The normalized spacial score (nSPS) is 32.8. The van der Waals surface area contributed by atoms with Crippen LogP contribution in [-0.2, 0) is 8.23 Å². The predicted octanol–water partition coefficient (Wildman–Crippen LogP) is 6.95. The van der Waals surface area contributed by atoms with Crippen LogP contribution in [-0.4, -0.2) is 39.8 Å². The summed E-state index contributed by atoms with van der Waals surface area (Å²) >= 11 is 0. The molecule has 1 rings (SSSR count). The van der Waals surface area contributed by atoms with Crippen LogP contribution in [0.1, 0.15) is 74.7 Å². The molecular weight excluding hydrogens is 437 g/mol. The van der Waals surface area contributed by atoms with Crippen molar-refractivity contribution < 1.29 is 13.0 Å². The van der Waals surface area contributed by atoms with Gasteiger partial charge in [0.1, 0.15) is 0 Å². The molecule has 7 heteroatoms. The zero-order chi connectivity index (χ0) is 23.3. The first-order valence-corrected chi connectivity index (χ1v) is 20.6.